The van der Waals surface area contributed by atoms with Crippen molar-refractivity contribution in [3.8, 4) is 0 Å². The lowest BCUT2D eigenvalue weighted by molar-refractivity contribution is -0.113. The number of aromatic nitrogens is 2. The summed E-state index contributed by atoms with van der Waals surface area (Å²) in [6.45, 7) is 5.94. The Balaban J connectivity index is 1.85. The molecule has 1 aromatic carbocycles. The van der Waals surface area contributed by atoms with Crippen LogP contribution in [0, 0.1) is 20.8 Å². The van der Waals surface area contributed by atoms with Gasteiger partial charge in [0.1, 0.15) is 0 Å². The number of nitrogens with one attached hydrogen (secondary N) is 1. The van der Waals surface area contributed by atoms with E-state index in [9.17, 15) is 4.79 Å². The van der Waals surface area contributed by atoms with E-state index in [0.717, 1.165) is 22.8 Å². The number of carbonyl (C=O) groups excluding carboxylic acids is 1. The van der Waals surface area contributed by atoms with Crippen molar-refractivity contribution in [3.05, 3.63) is 46.8 Å². The van der Waals surface area contributed by atoms with Crippen LogP contribution in [0.1, 0.15) is 22.5 Å². The normalized spacial score (nSPS) is 10.7. The Kier molecular flexibility index (Phi) is 5.07. The number of aryl methyl sites for hydroxylation is 3. The second-order valence-electron chi connectivity index (χ2n) is 5.20. The van der Waals surface area contributed by atoms with Crippen molar-refractivity contribution < 1.29 is 4.79 Å². The van der Waals surface area contributed by atoms with Gasteiger partial charge in [0.15, 0.2) is 0 Å². The number of hydrogen-bond donors (Lipinski definition) is 1. The number of thioether (sulfide) groups is 1. The Morgan fingerprint density at radius 2 is 2.10 bits per heavy atom. The first kappa shape index (κ1) is 15.6. The van der Waals surface area contributed by atoms with Crippen molar-refractivity contribution in [3.63, 3.8) is 0 Å². The molecule has 0 fully saturated rings. The molecule has 0 aliphatic heterocycles. The smallest absolute Gasteiger partial charge is 0.234 e. The van der Waals surface area contributed by atoms with Crippen molar-refractivity contribution in [2.24, 2.45) is 7.05 Å². The van der Waals surface area contributed by atoms with Gasteiger partial charge < -0.3 is 5.32 Å². The highest BCUT2D eigenvalue weighted by Gasteiger charge is 2.12. The number of nitrogens with zero attached hydrogens (tertiary/aromatic N) is 2. The average molecular weight is 303 g/mol. The molecule has 0 saturated heterocycles. The Bertz CT molecular complexity index is 649. The van der Waals surface area contributed by atoms with Gasteiger partial charge in [-0.1, -0.05) is 29.8 Å². The van der Waals surface area contributed by atoms with Crippen LogP contribution in [0.25, 0.3) is 0 Å². The monoisotopic (exact) mass is 303 g/mol. The molecular weight excluding hydrogens is 282 g/mol. The van der Waals surface area contributed by atoms with E-state index in [0.29, 0.717) is 5.75 Å². The highest BCUT2D eigenvalue weighted by Crippen LogP contribution is 2.19. The third kappa shape index (κ3) is 4.11. The van der Waals surface area contributed by atoms with E-state index >= 15 is 0 Å². The number of benzene rings is 1. The molecule has 5 heteroatoms. The van der Waals surface area contributed by atoms with E-state index in [1.54, 1.807) is 16.4 Å². The van der Waals surface area contributed by atoms with E-state index in [4.69, 9.17) is 0 Å². The van der Waals surface area contributed by atoms with Gasteiger partial charge in [0.05, 0.1) is 22.8 Å². The summed E-state index contributed by atoms with van der Waals surface area (Å²) in [5.41, 5.74) is 5.16. The summed E-state index contributed by atoms with van der Waals surface area (Å²) in [6.07, 6.45) is 0. The third-order valence-corrected chi connectivity index (χ3v) is 4.36. The van der Waals surface area contributed by atoms with E-state index < -0.39 is 0 Å². The lowest BCUT2D eigenvalue weighted by Gasteiger charge is -2.06. The van der Waals surface area contributed by atoms with Crippen molar-refractivity contribution in [2.45, 2.75) is 26.5 Å². The van der Waals surface area contributed by atoms with Crippen molar-refractivity contribution in [2.75, 3.05) is 11.1 Å². The minimum absolute atomic E-state index is 0.0202. The summed E-state index contributed by atoms with van der Waals surface area (Å²) in [5, 5.41) is 7.25. The van der Waals surface area contributed by atoms with Crippen molar-refractivity contribution in [1.29, 1.82) is 0 Å². The minimum Gasteiger partial charge on any atom is -0.322 e. The predicted molar refractivity (Wildman–Crippen MR) is 88.7 cm³/mol. The summed E-state index contributed by atoms with van der Waals surface area (Å²) in [5.74, 6) is 1.31. The Morgan fingerprint density at radius 1 is 1.33 bits per heavy atom. The predicted octanol–water partition coefficient (Wildman–Crippen LogP) is 3.22. The van der Waals surface area contributed by atoms with Crippen LogP contribution < -0.4 is 5.32 Å². The second-order valence-corrected chi connectivity index (χ2v) is 6.19. The zero-order valence-electron chi connectivity index (χ0n) is 12.9. The van der Waals surface area contributed by atoms with Crippen LogP contribution in [0.5, 0.6) is 0 Å². The van der Waals surface area contributed by atoms with Crippen LogP contribution in [-0.4, -0.2) is 21.4 Å². The number of hydrogen-bond acceptors (Lipinski definition) is 3. The van der Waals surface area contributed by atoms with Crippen LogP contribution >= 0.6 is 11.8 Å². The Morgan fingerprint density at radius 3 is 2.71 bits per heavy atom. The molecule has 4 nitrogen and oxygen atoms in total. The molecule has 1 amide bonds. The summed E-state index contributed by atoms with van der Waals surface area (Å²) in [7, 11) is 1.88. The Hall–Kier alpha value is -1.75. The molecule has 2 rings (SSSR count). The van der Waals surface area contributed by atoms with Gasteiger partial charge in [-0.25, -0.2) is 0 Å². The minimum atomic E-state index is 0.0202. The summed E-state index contributed by atoms with van der Waals surface area (Å²) in [6, 6.07) is 8.37. The zero-order valence-corrected chi connectivity index (χ0v) is 13.8. The quantitative estimate of drug-likeness (QED) is 0.922. The van der Waals surface area contributed by atoms with Crippen LogP contribution in [0.2, 0.25) is 0 Å². The van der Waals surface area contributed by atoms with Crippen molar-refractivity contribution >= 4 is 23.4 Å². The molecule has 21 heavy (non-hydrogen) atoms. The molecule has 1 heterocycles. The van der Waals surface area contributed by atoms with Gasteiger partial charge in [0.2, 0.25) is 5.91 Å². The summed E-state index contributed by atoms with van der Waals surface area (Å²) >= 11 is 1.62. The van der Waals surface area contributed by atoms with Gasteiger partial charge in [-0.3, -0.25) is 9.48 Å². The number of carbonyl (C=O) groups is 1. The molecule has 0 radical (unpaired) electrons. The first-order chi connectivity index (χ1) is 9.97. The molecule has 0 saturated carbocycles. The molecule has 0 spiro atoms. The van der Waals surface area contributed by atoms with Gasteiger partial charge in [-0.05, 0) is 26.3 Å². The summed E-state index contributed by atoms with van der Waals surface area (Å²) < 4.78 is 1.78. The molecule has 2 aromatic rings. The van der Waals surface area contributed by atoms with Gasteiger partial charge in [-0.2, -0.15) is 5.10 Å². The highest BCUT2D eigenvalue weighted by atomic mass is 32.2. The van der Waals surface area contributed by atoms with Gasteiger partial charge in [0.25, 0.3) is 0 Å². The lowest BCUT2D eigenvalue weighted by atomic mass is 10.2. The second kappa shape index (κ2) is 6.80. The molecule has 0 atom stereocenters. The maximum Gasteiger partial charge on any atom is 0.234 e. The SMILES string of the molecule is Cc1cccc(CSCC(=O)Nc2c(C)nn(C)c2C)c1. The first-order valence-corrected chi connectivity index (χ1v) is 8.06. The van der Waals surface area contributed by atoms with Crippen molar-refractivity contribution in [1.82, 2.24) is 9.78 Å². The average Bonchev–Trinajstić information content (AvgIpc) is 2.65. The first-order valence-electron chi connectivity index (χ1n) is 6.90. The molecule has 0 bridgehead atoms. The number of rotatable bonds is 5. The molecule has 0 aliphatic rings. The fraction of sp³-hybridized carbons (Fsp3) is 0.375. The summed E-state index contributed by atoms with van der Waals surface area (Å²) in [4.78, 5) is 12.0. The van der Waals surface area contributed by atoms with Crippen LogP contribution in [-0.2, 0) is 17.6 Å². The van der Waals surface area contributed by atoms with E-state index in [1.165, 1.54) is 11.1 Å². The van der Waals surface area contributed by atoms with E-state index in [-0.39, 0.29) is 5.91 Å². The van der Waals surface area contributed by atoms with Crippen LogP contribution in [0.15, 0.2) is 24.3 Å². The maximum absolute atomic E-state index is 12.0. The highest BCUT2D eigenvalue weighted by molar-refractivity contribution is 7.99. The van der Waals surface area contributed by atoms with Crippen LogP contribution in [0.4, 0.5) is 5.69 Å². The number of anilines is 1. The number of amides is 1. The standard InChI is InChI=1S/C16H21N3OS/c1-11-6-5-7-14(8-11)9-21-10-15(20)17-16-12(2)18-19(4)13(16)3/h5-8H,9-10H2,1-4H3,(H,17,20). The van der Waals surface area contributed by atoms with Gasteiger partial charge >= 0.3 is 0 Å². The molecule has 0 aliphatic carbocycles. The zero-order chi connectivity index (χ0) is 15.4. The van der Waals surface area contributed by atoms with Crippen LogP contribution in [0.3, 0.4) is 0 Å². The molecule has 0 unspecified atom stereocenters. The van der Waals surface area contributed by atoms with E-state index in [2.05, 4.69) is 35.5 Å². The largest absolute Gasteiger partial charge is 0.322 e. The topological polar surface area (TPSA) is 46.9 Å². The lowest BCUT2D eigenvalue weighted by Crippen LogP contribution is -2.15. The van der Waals surface area contributed by atoms with Gasteiger partial charge in [-0.15, -0.1) is 11.8 Å². The molecule has 112 valence electrons. The molecule has 1 aromatic heterocycles. The Labute approximate surface area is 129 Å². The fourth-order valence-electron chi connectivity index (χ4n) is 2.19. The molecular formula is C16H21N3OS. The van der Waals surface area contributed by atoms with Gasteiger partial charge in [0, 0.05) is 12.8 Å². The fourth-order valence-corrected chi connectivity index (χ4v) is 2.97. The maximum atomic E-state index is 12.0. The molecule has 1 N–H and O–H groups in total. The van der Waals surface area contributed by atoms with E-state index in [1.807, 2.05) is 27.0 Å². The third-order valence-electron chi connectivity index (χ3n) is 3.36.